The van der Waals surface area contributed by atoms with Gasteiger partial charge in [0.05, 0.1) is 24.4 Å². The minimum absolute atomic E-state index is 0.225. The van der Waals surface area contributed by atoms with E-state index < -0.39 is 17.9 Å². The van der Waals surface area contributed by atoms with Crippen molar-refractivity contribution in [1.29, 1.82) is 0 Å². The number of para-hydroxylation sites is 1. The van der Waals surface area contributed by atoms with Gasteiger partial charge in [-0.1, -0.05) is 47.5 Å². The number of allylic oxidation sites excluding steroid dienone is 1. The fourth-order valence-electron chi connectivity index (χ4n) is 4.06. The van der Waals surface area contributed by atoms with Crippen molar-refractivity contribution >= 4 is 58.6 Å². The minimum atomic E-state index is -0.620. The molecule has 0 aromatic heterocycles. The van der Waals surface area contributed by atoms with Gasteiger partial charge in [-0.3, -0.25) is 4.79 Å². The van der Waals surface area contributed by atoms with Crippen molar-refractivity contribution in [3.63, 3.8) is 0 Å². The summed E-state index contributed by atoms with van der Waals surface area (Å²) in [5.41, 5.74) is 5.60. The molecule has 0 unspecified atom stereocenters. The van der Waals surface area contributed by atoms with Crippen LogP contribution in [0.2, 0.25) is 10.0 Å². The Labute approximate surface area is 258 Å². The predicted molar refractivity (Wildman–Crippen MR) is 166 cm³/mol. The van der Waals surface area contributed by atoms with Crippen LogP contribution in [0.25, 0.3) is 0 Å². The van der Waals surface area contributed by atoms with Crippen molar-refractivity contribution in [2.75, 3.05) is 13.2 Å². The Morgan fingerprint density at radius 2 is 1.83 bits per heavy atom. The first-order valence-electron chi connectivity index (χ1n) is 12.9. The molecule has 0 saturated carbocycles. The van der Waals surface area contributed by atoms with Gasteiger partial charge in [0.15, 0.2) is 11.7 Å². The number of amides is 1. The number of hydrazone groups is 1. The number of esters is 1. The Bertz CT molecular complexity index is 1530. The summed E-state index contributed by atoms with van der Waals surface area (Å²) >= 11 is 17.4. The van der Waals surface area contributed by atoms with Crippen molar-refractivity contribution in [3.05, 3.63) is 105 Å². The summed E-state index contributed by atoms with van der Waals surface area (Å²) in [6.07, 6.45) is 1.50. The van der Waals surface area contributed by atoms with Crippen molar-refractivity contribution in [1.82, 2.24) is 16.1 Å². The summed E-state index contributed by atoms with van der Waals surface area (Å²) in [7, 11) is 0. The van der Waals surface area contributed by atoms with E-state index in [0.29, 0.717) is 50.1 Å². The first-order chi connectivity index (χ1) is 20.2. The quantitative estimate of drug-likeness (QED) is 0.111. The summed E-state index contributed by atoms with van der Waals surface area (Å²) in [5, 5.41) is 11.5. The van der Waals surface area contributed by atoms with Crippen LogP contribution >= 0.6 is 35.4 Å². The molecule has 1 aliphatic rings. The minimum Gasteiger partial charge on any atom is -0.489 e. The molecule has 0 saturated heterocycles. The number of ether oxygens (including phenoxy) is 3. The molecular weight excluding hydrogens is 599 g/mol. The molecule has 3 N–H and O–H groups in total. The van der Waals surface area contributed by atoms with Crippen molar-refractivity contribution in [3.8, 4) is 11.5 Å². The molecule has 218 valence electrons. The van der Waals surface area contributed by atoms with Crippen LogP contribution < -0.4 is 25.5 Å². The molecule has 1 atom stereocenters. The third kappa shape index (κ3) is 8.22. The highest BCUT2D eigenvalue weighted by molar-refractivity contribution is 7.80. The fraction of sp³-hybridized carbons (Fsp3) is 0.200. The second kappa shape index (κ2) is 14.7. The van der Waals surface area contributed by atoms with E-state index in [1.165, 1.54) is 6.21 Å². The largest absolute Gasteiger partial charge is 0.489 e. The topological polar surface area (TPSA) is 110 Å². The zero-order valence-corrected chi connectivity index (χ0v) is 25.1. The van der Waals surface area contributed by atoms with E-state index in [4.69, 9.17) is 49.6 Å². The van der Waals surface area contributed by atoms with E-state index in [9.17, 15) is 9.59 Å². The Kier molecular flexibility index (Phi) is 10.8. The second-order valence-electron chi connectivity index (χ2n) is 9.00. The molecule has 9 nitrogen and oxygen atoms in total. The van der Waals surface area contributed by atoms with Crippen molar-refractivity contribution < 1.29 is 23.8 Å². The zero-order chi connectivity index (χ0) is 30.1. The monoisotopic (exact) mass is 626 g/mol. The van der Waals surface area contributed by atoms with Crippen LogP contribution in [0, 0.1) is 0 Å². The molecule has 0 bridgehead atoms. The molecule has 42 heavy (non-hydrogen) atoms. The van der Waals surface area contributed by atoms with E-state index in [1.54, 1.807) is 74.5 Å². The Balaban J connectivity index is 1.32. The highest BCUT2D eigenvalue weighted by Crippen LogP contribution is 2.33. The standard InChI is InChI=1S/C30H28Cl2N4O5S/c1-3-39-29(38)27-18(2)34-30(42)35-28(27)23-6-4-5-7-25(23)41-17-26(37)36-33-15-19-8-12-22(13-9-19)40-16-20-10-11-21(31)14-24(20)32/h4-15,28H,3,16-17H2,1-2H3,(H,36,37)(H2,34,35,42)/t28-/m0/s1. The van der Waals surface area contributed by atoms with Crippen LogP contribution in [-0.2, 0) is 20.9 Å². The molecule has 1 amide bonds. The SMILES string of the molecule is CCOC(=O)C1=C(C)NC(=S)N[C@H]1c1ccccc1OCC(=O)NN=Cc1ccc(OCc2ccc(Cl)cc2Cl)cc1. The Morgan fingerprint density at radius 1 is 1.07 bits per heavy atom. The van der Waals surface area contributed by atoms with Gasteiger partial charge in [-0.2, -0.15) is 5.10 Å². The molecule has 1 heterocycles. The first-order valence-corrected chi connectivity index (χ1v) is 14.1. The van der Waals surface area contributed by atoms with Crippen LogP contribution in [-0.4, -0.2) is 36.4 Å². The molecule has 0 spiro atoms. The average Bonchev–Trinajstić information content (AvgIpc) is 2.96. The van der Waals surface area contributed by atoms with Crippen LogP contribution in [0.5, 0.6) is 11.5 Å². The number of carbonyl (C=O) groups is 2. The van der Waals surface area contributed by atoms with Gasteiger partial charge in [-0.25, -0.2) is 10.2 Å². The smallest absolute Gasteiger partial charge is 0.338 e. The van der Waals surface area contributed by atoms with Crippen molar-refractivity contribution in [2.45, 2.75) is 26.5 Å². The van der Waals surface area contributed by atoms with E-state index in [0.717, 1.165) is 11.1 Å². The second-order valence-corrected chi connectivity index (χ2v) is 10.3. The lowest BCUT2D eigenvalue weighted by atomic mass is 9.95. The zero-order valence-electron chi connectivity index (χ0n) is 22.8. The number of hydrogen-bond donors (Lipinski definition) is 3. The third-order valence-corrected chi connectivity index (χ3v) is 6.85. The van der Waals surface area contributed by atoms with E-state index in [-0.39, 0.29) is 13.2 Å². The molecule has 3 aromatic rings. The molecule has 0 aliphatic carbocycles. The van der Waals surface area contributed by atoms with Gasteiger partial charge in [-0.05, 0) is 74.1 Å². The number of halogens is 2. The number of hydrogen-bond acceptors (Lipinski definition) is 7. The third-order valence-electron chi connectivity index (χ3n) is 6.05. The fourth-order valence-corrected chi connectivity index (χ4v) is 4.80. The Morgan fingerprint density at radius 3 is 2.57 bits per heavy atom. The van der Waals surface area contributed by atoms with Crippen LogP contribution in [0.3, 0.4) is 0 Å². The van der Waals surface area contributed by atoms with Gasteiger partial charge in [0.25, 0.3) is 5.91 Å². The lowest BCUT2D eigenvalue weighted by Gasteiger charge is -2.30. The maximum atomic E-state index is 12.7. The maximum Gasteiger partial charge on any atom is 0.338 e. The van der Waals surface area contributed by atoms with Gasteiger partial charge >= 0.3 is 5.97 Å². The summed E-state index contributed by atoms with van der Waals surface area (Å²) in [6.45, 7) is 3.70. The van der Waals surface area contributed by atoms with Gasteiger partial charge in [0.1, 0.15) is 18.1 Å². The summed E-state index contributed by atoms with van der Waals surface area (Å²) in [6, 6.07) is 18.9. The van der Waals surface area contributed by atoms with E-state index >= 15 is 0 Å². The van der Waals surface area contributed by atoms with Crippen molar-refractivity contribution in [2.24, 2.45) is 5.10 Å². The Hall–Kier alpha value is -4.12. The van der Waals surface area contributed by atoms with Gasteiger partial charge in [0, 0.05) is 26.9 Å². The molecule has 0 radical (unpaired) electrons. The molecule has 4 rings (SSSR count). The van der Waals surface area contributed by atoms with Gasteiger partial charge in [-0.15, -0.1) is 0 Å². The number of rotatable bonds is 11. The van der Waals surface area contributed by atoms with Crippen LogP contribution in [0.1, 0.15) is 36.6 Å². The van der Waals surface area contributed by atoms with Crippen LogP contribution in [0.15, 0.2) is 83.1 Å². The van der Waals surface area contributed by atoms with Gasteiger partial charge in [0.2, 0.25) is 0 Å². The number of nitrogens with one attached hydrogen (secondary N) is 3. The lowest BCUT2D eigenvalue weighted by Crippen LogP contribution is -2.45. The maximum absolute atomic E-state index is 12.7. The molecule has 3 aromatic carbocycles. The molecule has 0 fully saturated rings. The lowest BCUT2D eigenvalue weighted by molar-refractivity contribution is -0.139. The van der Waals surface area contributed by atoms with E-state index in [2.05, 4.69) is 21.2 Å². The summed E-state index contributed by atoms with van der Waals surface area (Å²) in [5.74, 6) is 0.111. The first kappa shape index (κ1) is 30.8. The predicted octanol–water partition coefficient (Wildman–Crippen LogP) is 5.46. The summed E-state index contributed by atoms with van der Waals surface area (Å²) < 4.78 is 16.8. The number of carbonyl (C=O) groups excluding carboxylic acids is 2. The van der Waals surface area contributed by atoms with Crippen LogP contribution in [0.4, 0.5) is 0 Å². The molecule has 12 heteroatoms. The number of benzene rings is 3. The molecule has 1 aliphatic heterocycles. The average molecular weight is 628 g/mol. The number of nitrogens with zero attached hydrogens (tertiary/aromatic N) is 1. The normalized spacial score (nSPS) is 14.7. The van der Waals surface area contributed by atoms with Gasteiger partial charge < -0.3 is 24.8 Å². The highest BCUT2D eigenvalue weighted by Gasteiger charge is 2.32. The molecular formula is C30H28Cl2N4O5S. The highest BCUT2D eigenvalue weighted by atomic mass is 35.5. The number of thiocarbonyl (C=S) groups is 1. The summed E-state index contributed by atoms with van der Waals surface area (Å²) in [4.78, 5) is 25.2. The van der Waals surface area contributed by atoms with E-state index in [1.807, 2.05) is 6.07 Å².